The van der Waals surface area contributed by atoms with Crippen LogP contribution in [-0.2, 0) is 14.4 Å². The highest BCUT2D eigenvalue weighted by Crippen LogP contribution is 2.30. The number of nitrogens with zero attached hydrogens (tertiary/aromatic N) is 1. The van der Waals surface area contributed by atoms with E-state index in [0.29, 0.717) is 32.6 Å². The van der Waals surface area contributed by atoms with Crippen molar-refractivity contribution in [2.24, 2.45) is 0 Å². The van der Waals surface area contributed by atoms with Gasteiger partial charge in [0.05, 0.1) is 16.4 Å². The van der Waals surface area contributed by atoms with Crippen molar-refractivity contribution in [1.82, 2.24) is 5.32 Å². The predicted octanol–water partition coefficient (Wildman–Crippen LogP) is 4.99. The van der Waals surface area contributed by atoms with Crippen LogP contribution in [0.3, 0.4) is 0 Å². The number of barbiturate groups is 1. The lowest BCUT2D eigenvalue weighted by molar-refractivity contribution is -0.122. The molecular weight excluding hydrogens is 505 g/mol. The second-order valence-electron chi connectivity index (χ2n) is 7.73. The van der Waals surface area contributed by atoms with Crippen molar-refractivity contribution in [3.8, 4) is 5.75 Å². The van der Waals surface area contributed by atoms with Crippen LogP contribution in [0.4, 0.5) is 16.2 Å². The highest BCUT2D eigenvalue weighted by atomic mass is 35.5. The Morgan fingerprint density at radius 2 is 1.72 bits per heavy atom. The average Bonchev–Trinajstić information content (AvgIpc) is 2.85. The third kappa shape index (κ3) is 5.40. The minimum atomic E-state index is -0.867. The van der Waals surface area contributed by atoms with Gasteiger partial charge in [-0.05, 0) is 60.5 Å². The number of halogens is 2. The van der Waals surface area contributed by atoms with E-state index in [1.807, 2.05) is 0 Å². The van der Waals surface area contributed by atoms with Crippen LogP contribution in [-0.4, -0.2) is 30.4 Å². The lowest BCUT2D eigenvalue weighted by Gasteiger charge is -2.27. The molecule has 0 unspecified atom stereocenters. The summed E-state index contributed by atoms with van der Waals surface area (Å²) in [5.74, 6) is -1.70. The van der Waals surface area contributed by atoms with Crippen LogP contribution in [0.2, 0.25) is 10.0 Å². The molecule has 2 N–H and O–H groups in total. The molecule has 0 spiro atoms. The first-order valence-corrected chi connectivity index (χ1v) is 11.4. The lowest BCUT2D eigenvalue weighted by atomic mass is 10.1. The molecule has 1 aliphatic rings. The smallest absolute Gasteiger partial charge is 0.335 e. The van der Waals surface area contributed by atoms with Gasteiger partial charge in [-0.1, -0.05) is 53.5 Å². The molecule has 10 heteroatoms. The van der Waals surface area contributed by atoms with Gasteiger partial charge in [-0.15, -0.1) is 0 Å². The van der Waals surface area contributed by atoms with Gasteiger partial charge in [0.1, 0.15) is 11.3 Å². The van der Waals surface area contributed by atoms with Crippen LogP contribution in [0, 0.1) is 6.92 Å². The molecule has 8 nitrogen and oxygen atoms in total. The Balaban J connectivity index is 1.52. The van der Waals surface area contributed by atoms with Crippen LogP contribution in [0.25, 0.3) is 6.08 Å². The van der Waals surface area contributed by atoms with E-state index < -0.39 is 23.8 Å². The van der Waals surface area contributed by atoms with E-state index >= 15 is 0 Å². The molecular formula is C26H19Cl2N3O5. The lowest BCUT2D eigenvalue weighted by Crippen LogP contribution is -2.54. The Morgan fingerprint density at radius 1 is 1.00 bits per heavy atom. The molecule has 0 aromatic heterocycles. The summed E-state index contributed by atoms with van der Waals surface area (Å²) in [5.41, 5.74) is 1.45. The number of carbonyl (C=O) groups is 4. The van der Waals surface area contributed by atoms with Crippen LogP contribution >= 0.6 is 23.2 Å². The summed E-state index contributed by atoms with van der Waals surface area (Å²) < 4.78 is 5.55. The van der Waals surface area contributed by atoms with Gasteiger partial charge < -0.3 is 10.1 Å². The number of benzene rings is 3. The number of carbonyl (C=O) groups excluding carboxylic acids is 4. The zero-order valence-corrected chi connectivity index (χ0v) is 20.4. The van der Waals surface area contributed by atoms with E-state index in [1.54, 1.807) is 73.7 Å². The summed E-state index contributed by atoms with van der Waals surface area (Å²) in [6, 6.07) is 17.2. The highest BCUT2D eigenvalue weighted by Gasteiger charge is 2.37. The molecule has 0 aliphatic carbocycles. The number of imide groups is 2. The number of rotatable bonds is 6. The fourth-order valence-electron chi connectivity index (χ4n) is 3.47. The molecule has 1 heterocycles. The van der Waals surface area contributed by atoms with Crippen molar-refractivity contribution in [2.75, 3.05) is 16.8 Å². The van der Waals surface area contributed by atoms with Gasteiger partial charge in [0.2, 0.25) is 0 Å². The maximum absolute atomic E-state index is 13.2. The Labute approximate surface area is 216 Å². The molecule has 0 saturated carbocycles. The summed E-state index contributed by atoms with van der Waals surface area (Å²) in [6.07, 6.45) is 1.34. The first-order valence-electron chi connectivity index (χ1n) is 10.7. The maximum atomic E-state index is 13.2. The van der Waals surface area contributed by atoms with Crippen molar-refractivity contribution in [2.45, 2.75) is 6.92 Å². The molecule has 5 amide bonds. The first kappa shape index (κ1) is 25.0. The summed E-state index contributed by atoms with van der Waals surface area (Å²) >= 11 is 12.2. The number of nitrogens with one attached hydrogen (secondary N) is 2. The van der Waals surface area contributed by atoms with Crippen molar-refractivity contribution >= 4 is 64.4 Å². The van der Waals surface area contributed by atoms with Crippen molar-refractivity contribution in [3.63, 3.8) is 0 Å². The van der Waals surface area contributed by atoms with Crippen LogP contribution < -0.4 is 20.3 Å². The molecule has 0 atom stereocenters. The molecule has 182 valence electrons. The number of hydrogen-bond donors (Lipinski definition) is 2. The zero-order valence-electron chi connectivity index (χ0n) is 18.9. The monoisotopic (exact) mass is 523 g/mol. The van der Waals surface area contributed by atoms with Crippen LogP contribution in [0.5, 0.6) is 5.75 Å². The average molecular weight is 524 g/mol. The van der Waals surface area contributed by atoms with Crippen molar-refractivity contribution in [3.05, 3.63) is 93.5 Å². The number of anilines is 2. The second-order valence-corrected chi connectivity index (χ2v) is 8.55. The quantitative estimate of drug-likeness (QED) is 0.350. The molecule has 4 rings (SSSR count). The van der Waals surface area contributed by atoms with Crippen LogP contribution in [0.15, 0.2) is 72.3 Å². The molecule has 1 fully saturated rings. The van der Waals surface area contributed by atoms with E-state index in [-0.39, 0.29) is 17.9 Å². The Kier molecular flexibility index (Phi) is 7.38. The molecule has 1 saturated heterocycles. The topological polar surface area (TPSA) is 105 Å². The highest BCUT2D eigenvalue weighted by molar-refractivity contribution is 6.40. The standard InChI is InChI=1S/C26H19Cl2N3O5/c1-15-19(27)9-5-11-22(15)31-25(34)18(24(33)30-26(31)35)13-16-6-4-7-17(12-16)36-14-23(32)29-21-10-3-2-8-20(21)28/h2-13H,14H2,1H3,(H,29,32)(H,30,33,35)/b18-13-. The van der Waals surface area contributed by atoms with Gasteiger partial charge in [0.15, 0.2) is 6.61 Å². The molecule has 0 bridgehead atoms. The summed E-state index contributed by atoms with van der Waals surface area (Å²) in [6.45, 7) is 1.38. The zero-order chi connectivity index (χ0) is 25.8. The van der Waals surface area contributed by atoms with Gasteiger partial charge in [-0.2, -0.15) is 0 Å². The van der Waals surface area contributed by atoms with E-state index in [1.165, 1.54) is 6.08 Å². The third-order valence-corrected chi connectivity index (χ3v) is 6.01. The molecule has 3 aromatic rings. The fourth-order valence-corrected chi connectivity index (χ4v) is 3.83. The molecule has 3 aromatic carbocycles. The van der Waals surface area contributed by atoms with Crippen LogP contribution in [0.1, 0.15) is 11.1 Å². The second kappa shape index (κ2) is 10.6. The first-order chi connectivity index (χ1) is 17.2. The summed E-state index contributed by atoms with van der Waals surface area (Å²) in [7, 11) is 0. The molecule has 36 heavy (non-hydrogen) atoms. The Bertz CT molecular complexity index is 1420. The predicted molar refractivity (Wildman–Crippen MR) is 137 cm³/mol. The number of urea groups is 1. The SMILES string of the molecule is Cc1c(Cl)cccc1N1C(=O)NC(=O)/C(=C/c2cccc(OCC(=O)Nc3ccccc3Cl)c2)C1=O. The van der Waals surface area contributed by atoms with E-state index in [4.69, 9.17) is 27.9 Å². The maximum Gasteiger partial charge on any atom is 0.335 e. The largest absolute Gasteiger partial charge is 0.484 e. The Hall–Kier alpha value is -4.14. The van der Waals surface area contributed by atoms with Gasteiger partial charge in [0.25, 0.3) is 17.7 Å². The van der Waals surface area contributed by atoms with Gasteiger partial charge in [0, 0.05) is 5.02 Å². The fraction of sp³-hybridized carbons (Fsp3) is 0.0769. The number of ether oxygens (including phenoxy) is 1. The minimum Gasteiger partial charge on any atom is -0.484 e. The van der Waals surface area contributed by atoms with E-state index in [0.717, 1.165) is 4.90 Å². The number of para-hydroxylation sites is 1. The molecule has 0 radical (unpaired) electrons. The van der Waals surface area contributed by atoms with E-state index in [2.05, 4.69) is 10.6 Å². The Morgan fingerprint density at radius 3 is 2.50 bits per heavy atom. The summed E-state index contributed by atoms with van der Waals surface area (Å²) in [4.78, 5) is 51.2. The third-order valence-electron chi connectivity index (χ3n) is 5.27. The molecule has 1 aliphatic heterocycles. The number of hydrogen-bond acceptors (Lipinski definition) is 5. The van der Waals surface area contributed by atoms with Gasteiger partial charge in [-0.25, -0.2) is 9.69 Å². The summed E-state index contributed by atoms with van der Waals surface area (Å²) in [5, 5.41) is 5.60. The minimum absolute atomic E-state index is 0.248. The van der Waals surface area contributed by atoms with Gasteiger partial charge >= 0.3 is 6.03 Å². The van der Waals surface area contributed by atoms with Gasteiger partial charge in [-0.3, -0.25) is 19.7 Å². The van der Waals surface area contributed by atoms with Crippen molar-refractivity contribution in [1.29, 1.82) is 0 Å². The normalized spacial score (nSPS) is 14.6. The van der Waals surface area contributed by atoms with Crippen molar-refractivity contribution < 1.29 is 23.9 Å². The number of amides is 5. The van der Waals surface area contributed by atoms with E-state index in [9.17, 15) is 19.2 Å².